The minimum atomic E-state index is -0.558. The SMILES string of the molecule is COCCCc1cc(C=Cc2c(F)cccc2F)cc(CCCOC)c1. The summed E-state index contributed by atoms with van der Waals surface area (Å²) >= 11 is 0. The van der Waals surface area contributed by atoms with Crippen molar-refractivity contribution >= 4 is 12.2 Å². The summed E-state index contributed by atoms with van der Waals surface area (Å²) < 4.78 is 37.9. The van der Waals surface area contributed by atoms with Crippen molar-refractivity contribution in [2.24, 2.45) is 0 Å². The smallest absolute Gasteiger partial charge is 0.133 e. The first kappa shape index (κ1) is 20.3. The molecule has 0 aliphatic rings. The molecule has 0 atom stereocenters. The number of rotatable bonds is 10. The third kappa shape index (κ3) is 6.36. The van der Waals surface area contributed by atoms with E-state index in [-0.39, 0.29) is 5.56 Å². The Labute approximate surface area is 154 Å². The number of ether oxygens (including phenoxy) is 2. The number of aryl methyl sites for hydroxylation is 2. The van der Waals surface area contributed by atoms with Crippen LogP contribution in [0.15, 0.2) is 36.4 Å². The summed E-state index contributed by atoms with van der Waals surface area (Å²) in [7, 11) is 3.39. The summed E-state index contributed by atoms with van der Waals surface area (Å²) in [5.41, 5.74) is 3.32. The monoisotopic (exact) mass is 360 g/mol. The maximum absolute atomic E-state index is 13.8. The van der Waals surface area contributed by atoms with E-state index >= 15 is 0 Å². The first-order valence-electron chi connectivity index (χ1n) is 8.87. The number of methoxy groups -OCH3 is 2. The molecule has 2 rings (SSSR count). The van der Waals surface area contributed by atoms with Crippen LogP contribution in [0.4, 0.5) is 8.78 Å². The molecule has 0 heterocycles. The zero-order valence-electron chi connectivity index (χ0n) is 15.4. The molecule has 140 valence electrons. The number of benzene rings is 2. The van der Waals surface area contributed by atoms with E-state index in [0.717, 1.165) is 31.2 Å². The lowest BCUT2D eigenvalue weighted by molar-refractivity contribution is 0.195. The van der Waals surface area contributed by atoms with Gasteiger partial charge >= 0.3 is 0 Å². The molecule has 0 N–H and O–H groups in total. The highest BCUT2D eigenvalue weighted by molar-refractivity contribution is 5.70. The van der Waals surface area contributed by atoms with Gasteiger partial charge in [0, 0.05) is 33.0 Å². The predicted molar refractivity (Wildman–Crippen MR) is 102 cm³/mol. The first-order valence-corrected chi connectivity index (χ1v) is 8.87. The van der Waals surface area contributed by atoms with Gasteiger partial charge in [0.25, 0.3) is 0 Å². The highest BCUT2D eigenvalue weighted by atomic mass is 19.1. The molecule has 0 radical (unpaired) electrons. The topological polar surface area (TPSA) is 18.5 Å². The minimum Gasteiger partial charge on any atom is -0.385 e. The summed E-state index contributed by atoms with van der Waals surface area (Å²) in [6.07, 6.45) is 6.94. The van der Waals surface area contributed by atoms with Crippen LogP contribution < -0.4 is 0 Å². The van der Waals surface area contributed by atoms with Gasteiger partial charge in [0.15, 0.2) is 0 Å². The molecule has 0 saturated heterocycles. The van der Waals surface area contributed by atoms with Gasteiger partial charge in [-0.3, -0.25) is 0 Å². The van der Waals surface area contributed by atoms with Gasteiger partial charge in [-0.05, 0) is 60.6 Å². The number of halogens is 2. The minimum absolute atomic E-state index is 0.0155. The van der Waals surface area contributed by atoms with Gasteiger partial charge in [0.05, 0.1) is 0 Å². The lowest BCUT2D eigenvalue weighted by Gasteiger charge is -2.08. The van der Waals surface area contributed by atoms with Crippen LogP contribution in [0.3, 0.4) is 0 Å². The van der Waals surface area contributed by atoms with E-state index in [1.54, 1.807) is 20.3 Å². The summed E-state index contributed by atoms with van der Waals surface area (Å²) in [4.78, 5) is 0. The van der Waals surface area contributed by atoms with Gasteiger partial charge in [-0.2, -0.15) is 0 Å². The molecule has 26 heavy (non-hydrogen) atoms. The van der Waals surface area contributed by atoms with Crippen LogP contribution in [-0.2, 0) is 22.3 Å². The third-order valence-electron chi connectivity index (χ3n) is 4.14. The van der Waals surface area contributed by atoms with Crippen LogP contribution in [-0.4, -0.2) is 27.4 Å². The van der Waals surface area contributed by atoms with E-state index in [0.29, 0.717) is 13.2 Å². The summed E-state index contributed by atoms with van der Waals surface area (Å²) in [5, 5.41) is 0. The van der Waals surface area contributed by atoms with E-state index < -0.39 is 11.6 Å². The number of hydrogen-bond donors (Lipinski definition) is 0. The van der Waals surface area contributed by atoms with Gasteiger partial charge in [-0.1, -0.05) is 30.3 Å². The van der Waals surface area contributed by atoms with Gasteiger partial charge in [-0.15, -0.1) is 0 Å². The maximum Gasteiger partial charge on any atom is 0.133 e. The summed E-state index contributed by atoms with van der Waals surface area (Å²) in [6, 6.07) is 10.2. The fraction of sp³-hybridized carbons (Fsp3) is 0.364. The lowest BCUT2D eigenvalue weighted by Crippen LogP contribution is -1.97. The van der Waals surface area contributed by atoms with E-state index in [4.69, 9.17) is 9.47 Å². The molecule has 0 aliphatic heterocycles. The lowest BCUT2D eigenvalue weighted by atomic mass is 9.99. The maximum atomic E-state index is 13.8. The van der Waals surface area contributed by atoms with Crippen molar-refractivity contribution in [3.05, 3.63) is 70.3 Å². The molecule has 2 nitrogen and oxygen atoms in total. The van der Waals surface area contributed by atoms with Crippen molar-refractivity contribution < 1.29 is 18.3 Å². The summed E-state index contributed by atoms with van der Waals surface area (Å²) in [5.74, 6) is -1.12. The van der Waals surface area contributed by atoms with Crippen molar-refractivity contribution in [2.75, 3.05) is 27.4 Å². The number of hydrogen-bond acceptors (Lipinski definition) is 2. The van der Waals surface area contributed by atoms with Crippen LogP contribution in [0, 0.1) is 11.6 Å². The fourth-order valence-corrected chi connectivity index (χ4v) is 2.87. The molecule has 2 aromatic rings. The third-order valence-corrected chi connectivity index (χ3v) is 4.14. The van der Waals surface area contributed by atoms with E-state index in [1.807, 2.05) is 0 Å². The van der Waals surface area contributed by atoms with Crippen LogP contribution in [0.25, 0.3) is 12.2 Å². The van der Waals surface area contributed by atoms with Crippen molar-refractivity contribution in [2.45, 2.75) is 25.7 Å². The Morgan fingerprint density at radius 3 is 1.85 bits per heavy atom. The zero-order chi connectivity index (χ0) is 18.8. The van der Waals surface area contributed by atoms with Gasteiger partial charge in [-0.25, -0.2) is 8.78 Å². The first-order chi connectivity index (χ1) is 12.6. The average Bonchev–Trinajstić information content (AvgIpc) is 2.62. The van der Waals surface area contributed by atoms with E-state index in [2.05, 4.69) is 18.2 Å². The van der Waals surface area contributed by atoms with Gasteiger partial charge < -0.3 is 9.47 Å². The van der Waals surface area contributed by atoms with Gasteiger partial charge in [0.1, 0.15) is 11.6 Å². The van der Waals surface area contributed by atoms with Crippen LogP contribution in [0.1, 0.15) is 35.1 Å². The predicted octanol–water partition coefficient (Wildman–Crippen LogP) is 5.29. The summed E-state index contributed by atoms with van der Waals surface area (Å²) in [6.45, 7) is 1.42. The van der Waals surface area contributed by atoms with Crippen LogP contribution >= 0.6 is 0 Å². The van der Waals surface area contributed by atoms with E-state index in [9.17, 15) is 8.78 Å². The molecule has 0 unspecified atom stereocenters. The molecule has 0 amide bonds. The quantitative estimate of drug-likeness (QED) is 0.423. The second-order valence-electron chi connectivity index (χ2n) is 6.24. The fourth-order valence-electron chi connectivity index (χ4n) is 2.87. The zero-order valence-corrected chi connectivity index (χ0v) is 15.4. The Balaban J connectivity index is 2.22. The second-order valence-corrected chi connectivity index (χ2v) is 6.24. The molecule has 0 aromatic heterocycles. The highest BCUT2D eigenvalue weighted by Crippen LogP contribution is 2.19. The second kappa shape index (κ2) is 10.8. The Morgan fingerprint density at radius 1 is 0.808 bits per heavy atom. The molecule has 0 spiro atoms. The molecule has 0 bridgehead atoms. The molecule has 2 aromatic carbocycles. The van der Waals surface area contributed by atoms with Crippen molar-refractivity contribution in [3.8, 4) is 0 Å². The largest absolute Gasteiger partial charge is 0.385 e. The van der Waals surface area contributed by atoms with Crippen molar-refractivity contribution in [1.29, 1.82) is 0 Å². The van der Waals surface area contributed by atoms with Crippen LogP contribution in [0.2, 0.25) is 0 Å². The molecule has 0 saturated carbocycles. The van der Waals surface area contributed by atoms with Crippen molar-refractivity contribution in [1.82, 2.24) is 0 Å². The Hall–Kier alpha value is -2.04. The van der Waals surface area contributed by atoms with Crippen molar-refractivity contribution in [3.63, 3.8) is 0 Å². The molecule has 0 fully saturated rings. The Kier molecular flexibility index (Phi) is 8.45. The molecule has 0 aliphatic carbocycles. The molecular formula is C22H26F2O2. The standard InChI is InChI=1S/C22H26F2O2/c1-25-12-4-6-17-14-18(7-5-13-26-2)16-19(15-17)10-11-20-21(23)8-3-9-22(20)24/h3,8-11,14-16H,4-7,12-13H2,1-2H3. The Bertz CT molecular complexity index is 678. The molecular weight excluding hydrogens is 334 g/mol. The normalized spacial score (nSPS) is 11.4. The Morgan fingerprint density at radius 2 is 1.35 bits per heavy atom. The average molecular weight is 360 g/mol. The van der Waals surface area contributed by atoms with Gasteiger partial charge in [0.2, 0.25) is 0 Å². The highest BCUT2D eigenvalue weighted by Gasteiger charge is 2.05. The van der Waals surface area contributed by atoms with E-state index in [1.165, 1.54) is 35.4 Å². The molecule has 4 heteroatoms. The van der Waals surface area contributed by atoms with Crippen LogP contribution in [0.5, 0.6) is 0 Å².